The highest BCUT2D eigenvalue weighted by Crippen LogP contribution is 2.44. The summed E-state index contributed by atoms with van der Waals surface area (Å²) < 4.78 is 10.5. The summed E-state index contributed by atoms with van der Waals surface area (Å²) in [6, 6.07) is 18.0. The molecule has 3 N–H and O–H groups in total. The number of amides is 2. The van der Waals surface area contributed by atoms with Gasteiger partial charge in [0.15, 0.2) is 0 Å². The van der Waals surface area contributed by atoms with Crippen LogP contribution >= 0.6 is 0 Å². The Balaban J connectivity index is 1.30. The lowest BCUT2D eigenvalue weighted by Gasteiger charge is -2.17. The molecule has 2 aromatic carbocycles. The molecule has 0 bridgehead atoms. The standard InChI is InChI=1S/C24H22N2O6/c1-14(22(27)25-12-15-10-11-21(32-15)23(28)29)26-24(30)31-13-20-18-8-4-2-6-16(18)17-7-3-5-9-19(17)20/h2-11,14,20H,12-13H2,1H3,(H,25,27)(H,26,30)(H,28,29)/t14-/m1/s1. The zero-order valence-electron chi connectivity index (χ0n) is 17.3. The number of furan rings is 1. The van der Waals surface area contributed by atoms with E-state index < -0.39 is 24.0 Å². The molecule has 1 aromatic heterocycles. The maximum absolute atomic E-state index is 12.3. The number of hydrogen-bond donors (Lipinski definition) is 3. The Labute approximate surface area is 184 Å². The highest BCUT2D eigenvalue weighted by Gasteiger charge is 2.29. The number of hydrogen-bond acceptors (Lipinski definition) is 5. The van der Waals surface area contributed by atoms with Gasteiger partial charge in [0.2, 0.25) is 11.7 Å². The lowest BCUT2D eigenvalue weighted by molar-refractivity contribution is -0.122. The van der Waals surface area contributed by atoms with Gasteiger partial charge >= 0.3 is 12.1 Å². The zero-order chi connectivity index (χ0) is 22.7. The van der Waals surface area contributed by atoms with Crippen LogP contribution in [0.15, 0.2) is 65.1 Å². The Morgan fingerprint density at radius 1 is 1.00 bits per heavy atom. The first-order chi connectivity index (χ1) is 15.4. The van der Waals surface area contributed by atoms with E-state index in [0.29, 0.717) is 5.76 Å². The first kappa shape index (κ1) is 21.2. The molecule has 0 aliphatic heterocycles. The van der Waals surface area contributed by atoms with E-state index in [4.69, 9.17) is 14.3 Å². The average Bonchev–Trinajstić information content (AvgIpc) is 3.39. The summed E-state index contributed by atoms with van der Waals surface area (Å²) in [5.41, 5.74) is 4.47. The highest BCUT2D eigenvalue weighted by molar-refractivity contribution is 5.86. The molecule has 1 aliphatic carbocycles. The van der Waals surface area contributed by atoms with Crippen LogP contribution in [0.1, 0.15) is 40.3 Å². The molecule has 32 heavy (non-hydrogen) atoms. The largest absolute Gasteiger partial charge is 0.475 e. The van der Waals surface area contributed by atoms with Gasteiger partial charge in [-0.2, -0.15) is 0 Å². The van der Waals surface area contributed by atoms with Crippen LogP contribution in [-0.4, -0.2) is 35.7 Å². The number of carbonyl (C=O) groups is 3. The van der Waals surface area contributed by atoms with Gasteiger partial charge in [-0.05, 0) is 41.3 Å². The number of carbonyl (C=O) groups excluding carboxylic acids is 2. The van der Waals surface area contributed by atoms with E-state index >= 15 is 0 Å². The lowest BCUT2D eigenvalue weighted by Crippen LogP contribution is -2.44. The number of carboxylic acid groups (broad SMARTS) is 1. The molecule has 1 aliphatic rings. The lowest BCUT2D eigenvalue weighted by atomic mass is 9.98. The van der Waals surface area contributed by atoms with Crippen molar-refractivity contribution in [1.29, 1.82) is 0 Å². The van der Waals surface area contributed by atoms with Gasteiger partial charge in [-0.15, -0.1) is 0 Å². The number of alkyl carbamates (subject to hydrolysis) is 1. The fourth-order valence-electron chi connectivity index (χ4n) is 3.80. The van der Waals surface area contributed by atoms with E-state index in [1.165, 1.54) is 19.1 Å². The average molecular weight is 434 g/mol. The zero-order valence-corrected chi connectivity index (χ0v) is 17.3. The van der Waals surface area contributed by atoms with Gasteiger partial charge in [0, 0.05) is 5.92 Å². The molecule has 164 valence electrons. The summed E-state index contributed by atoms with van der Waals surface area (Å²) in [5, 5.41) is 14.0. The van der Waals surface area contributed by atoms with Crippen LogP contribution in [0.25, 0.3) is 11.1 Å². The maximum Gasteiger partial charge on any atom is 0.407 e. The van der Waals surface area contributed by atoms with E-state index in [1.54, 1.807) is 0 Å². The van der Waals surface area contributed by atoms with E-state index in [1.807, 2.05) is 36.4 Å². The van der Waals surface area contributed by atoms with Crippen LogP contribution in [0, 0.1) is 0 Å². The van der Waals surface area contributed by atoms with Crippen molar-refractivity contribution in [2.45, 2.75) is 25.4 Å². The number of carboxylic acids is 1. The second kappa shape index (κ2) is 8.97. The number of fused-ring (bicyclic) bond motifs is 3. The first-order valence-corrected chi connectivity index (χ1v) is 10.1. The highest BCUT2D eigenvalue weighted by atomic mass is 16.5. The number of ether oxygens (including phenoxy) is 1. The molecular weight excluding hydrogens is 412 g/mol. The van der Waals surface area contributed by atoms with Crippen LogP contribution < -0.4 is 10.6 Å². The summed E-state index contributed by atoms with van der Waals surface area (Å²) in [7, 11) is 0. The van der Waals surface area contributed by atoms with Crippen LogP contribution in [0.3, 0.4) is 0 Å². The van der Waals surface area contributed by atoms with Crippen molar-refractivity contribution in [1.82, 2.24) is 10.6 Å². The molecule has 4 rings (SSSR count). The number of rotatable bonds is 7. The van der Waals surface area contributed by atoms with Gasteiger partial charge in [0.05, 0.1) is 6.54 Å². The van der Waals surface area contributed by atoms with Gasteiger partial charge < -0.3 is 24.9 Å². The molecule has 0 fully saturated rings. The van der Waals surface area contributed by atoms with Crippen molar-refractivity contribution in [3.05, 3.63) is 83.3 Å². The predicted octanol–water partition coefficient (Wildman–Crippen LogP) is 3.52. The van der Waals surface area contributed by atoms with Crippen LogP contribution in [-0.2, 0) is 16.1 Å². The molecular formula is C24H22N2O6. The molecule has 1 heterocycles. The van der Waals surface area contributed by atoms with Crippen molar-refractivity contribution in [3.63, 3.8) is 0 Å². The summed E-state index contributed by atoms with van der Waals surface area (Å²) in [5.74, 6) is -1.62. The van der Waals surface area contributed by atoms with Crippen molar-refractivity contribution in [2.24, 2.45) is 0 Å². The summed E-state index contributed by atoms with van der Waals surface area (Å²) in [6.45, 7) is 1.68. The van der Waals surface area contributed by atoms with E-state index in [2.05, 4.69) is 22.8 Å². The molecule has 0 saturated carbocycles. The minimum absolute atomic E-state index is 0.00280. The fourth-order valence-corrected chi connectivity index (χ4v) is 3.80. The van der Waals surface area contributed by atoms with Gasteiger partial charge in [-0.25, -0.2) is 9.59 Å². The van der Waals surface area contributed by atoms with Crippen molar-refractivity contribution < 1.29 is 28.6 Å². The Morgan fingerprint density at radius 3 is 2.22 bits per heavy atom. The number of benzene rings is 2. The molecule has 3 aromatic rings. The smallest absolute Gasteiger partial charge is 0.407 e. The predicted molar refractivity (Wildman–Crippen MR) is 115 cm³/mol. The maximum atomic E-state index is 12.3. The second-order valence-corrected chi connectivity index (χ2v) is 7.48. The quantitative estimate of drug-likeness (QED) is 0.524. The Morgan fingerprint density at radius 2 is 1.62 bits per heavy atom. The fraction of sp³-hybridized carbons (Fsp3) is 0.208. The molecule has 0 unspecified atom stereocenters. The number of aromatic carboxylic acids is 1. The van der Waals surface area contributed by atoms with Crippen LogP contribution in [0.4, 0.5) is 4.79 Å². The molecule has 2 amide bonds. The Kier molecular flexibility index (Phi) is 5.93. The van der Waals surface area contributed by atoms with Crippen LogP contribution in [0.5, 0.6) is 0 Å². The van der Waals surface area contributed by atoms with Crippen LogP contribution in [0.2, 0.25) is 0 Å². The molecule has 0 radical (unpaired) electrons. The van der Waals surface area contributed by atoms with Gasteiger partial charge in [0.25, 0.3) is 0 Å². The van der Waals surface area contributed by atoms with Gasteiger partial charge in [-0.1, -0.05) is 48.5 Å². The molecule has 0 saturated heterocycles. The summed E-state index contributed by atoms with van der Waals surface area (Å²) in [4.78, 5) is 35.4. The third-order valence-electron chi connectivity index (χ3n) is 5.38. The second-order valence-electron chi connectivity index (χ2n) is 7.48. The minimum atomic E-state index is -1.19. The van der Waals surface area contributed by atoms with Gasteiger partial charge in [0.1, 0.15) is 18.4 Å². The normalized spacial score (nSPS) is 13.0. The van der Waals surface area contributed by atoms with Crippen molar-refractivity contribution in [3.8, 4) is 11.1 Å². The van der Waals surface area contributed by atoms with Crippen molar-refractivity contribution >= 4 is 18.0 Å². The van der Waals surface area contributed by atoms with E-state index in [0.717, 1.165) is 22.3 Å². The molecule has 1 atom stereocenters. The van der Waals surface area contributed by atoms with E-state index in [9.17, 15) is 14.4 Å². The third-order valence-corrected chi connectivity index (χ3v) is 5.38. The Hall–Kier alpha value is -4.07. The molecule has 8 nitrogen and oxygen atoms in total. The van der Waals surface area contributed by atoms with Gasteiger partial charge in [-0.3, -0.25) is 4.79 Å². The third kappa shape index (κ3) is 4.34. The monoisotopic (exact) mass is 434 g/mol. The SMILES string of the molecule is C[C@@H](NC(=O)OCC1c2ccccc2-c2ccccc21)C(=O)NCc1ccc(C(=O)O)o1. The summed E-state index contributed by atoms with van der Waals surface area (Å²) in [6.07, 6.45) is -0.694. The summed E-state index contributed by atoms with van der Waals surface area (Å²) >= 11 is 0. The first-order valence-electron chi connectivity index (χ1n) is 10.1. The topological polar surface area (TPSA) is 118 Å². The van der Waals surface area contributed by atoms with E-state index in [-0.39, 0.29) is 24.8 Å². The molecule has 8 heteroatoms. The Bertz CT molecular complexity index is 1120. The van der Waals surface area contributed by atoms with Crippen molar-refractivity contribution in [2.75, 3.05) is 6.61 Å². The molecule has 0 spiro atoms. The minimum Gasteiger partial charge on any atom is -0.475 e. The number of nitrogens with one attached hydrogen (secondary N) is 2.